The molecule has 0 radical (unpaired) electrons. The van der Waals surface area contributed by atoms with E-state index in [0.717, 1.165) is 55.1 Å². The van der Waals surface area contributed by atoms with E-state index < -0.39 is 0 Å². The first kappa shape index (κ1) is 19.8. The van der Waals surface area contributed by atoms with E-state index in [4.69, 9.17) is 9.47 Å². The second-order valence-corrected chi connectivity index (χ2v) is 7.88. The lowest BCUT2D eigenvalue weighted by molar-refractivity contribution is -0.117. The van der Waals surface area contributed by atoms with Crippen molar-refractivity contribution in [3.05, 3.63) is 36.0 Å². The molecule has 1 N–H and O–H groups in total. The highest BCUT2D eigenvalue weighted by molar-refractivity contribution is 5.91. The molecule has 1 amide bonds. The van der Waals surface area contributed by atoms with Gasteiger partial charge in [0, 0.05) is 23.7 Å². The van der Waals surface area contributed by atoms with Gasteiger partial charge in [-0.05, 0) is 38.3 Å². The Morgan fingerprint density at radius 3 is 2.72 bits per heavy atom. The van der Waals surface area contributed by atoms with Crippen molar-refractivity contribution in [1.82, 2.24) is 14.7 Å². The predicted molar refractivity (Wildman–Crippen MR) is 111 cm³/mol. The van der Waals surface area contributed by atoms with Gasteiger partial charge in [-0.25, -0.2) is 4.68 Å². The van der Waals surface area contributed by atoms with Gasteiger partial charge in [0.15, 0.2) is 0 Å². The Morgan fingerprint density at radius 1 is 1.14 bits per heavy atom. The summed E-state index contributed by atoms with van der Waals surface area (Å²) in [7, 11) is 3.32. The van der Waals surface area contributed by atoms with Crippen molar-refractivity contribution in [2.75, 3.05) is 32.6 Å². The average Bonchev–Trinajstić information content (AvgIpc) is 3.49. The molecule has 0 bridgehead atoms. The molecule has 1 atom stereocenters. The number of rotatable bonds is 7. The third-order valence-corrected chi connectivity index (χ3v) is 6.12. The number of carbonyl (C=O) groups is 1. The van der Waals surface area contributed by atoms with Crippen molar-refractivity contribution in [3.8, 4) is 11.5 Å². The summed E-state index contributed by atoms with van der Waals surface area (Å²) in [5.74, 6) is 2.39. The van der Waals surface area contributed by atoms with E-state index in [1.165, 1.54) is 12.8 Å². The Morgan fingerprint density at radius 2 is 1.97 bits per heavy atom. The van der Waals surface area contributed by atoms with Crippen molar-refractivity contribution < 1.29 is 14.3 Å². The van der Waals surface area contributed by atoms with Crippen molar-refractivity contribution in [1.29, 1.82) is 0 Å². The van der Waals surface area contributed by atoms with E-state index in [1.54, 1.807) is 20.4 Å². The summed E-state index contributed by atoms with van der Waals surface area (Å²) >= 11 is 0. The van der Waals surface area contributed by atoms with Crippen molar-refractivity contribution >= 4 is 11.7 Å². The molecule has 2 fully saturated rings. The smallest absolute Gasteiger partial charge is 0.239 e. The van der Waals surface area contributed by atoms with E-state index in [1.807, 2.05) is 28.9 Å². The zero-order valence-electron chi connectivity index (χ0n) is 17.3. The molecular weight excluding hydrogens is 368 g/mol. The van der Waals surface area contributed by atoms with Crippen LogP contribution in [-0.2, 0) is 4.79 Å². The number of carbonyl (C=O) groups excluding carboxylic acids is 1. The molecule has 2 aromatic rings. The molecule has 7 heteroatoms. The number of amides is 1. The maximum absolute atomic E-state index is 12.8. The molecule has 4 rings (SSSR count). The number of methoxy groups -OCH3 is 2. The molecule has 0 unspecified atom stereocenters. The number of likely N-dealkylation sites (tertiary alicyclic amines) is 1. The van der Waals surface area contributed by atoms with Gasteiger partial charge < -0.3 is 14.8 Å². The van der Waals surface area contributed by atoms with Gasteiger partial charge in [-0.15, -0.1) is 0 Å². The molecule has 156 valence electrons. The van der Waals surface area contributed by atoms with Crippen LogP contribution in [0.3, 0.4) is 0 Å². The SMILES string of the molecule is COc1ccc([C@H]2CCCN2CC(=O)Nc2ccnn2C2CCCC2)c(OC)c1. The number of hydrogen-bond acceptors (Lipinski definition) is 5. The summed E-state index contributed by atoms with van der Waals surface area (Å²) in [5.41, 5.74) is 1.11. The summed E-state index contributed by atoms with van der Waals surface area (Å²) in [4.78, 5) is 15.1. The fourth-order valence-electron chi connectivity index (χ4n) is 4.68. The number of ether oxygens (including phenoxy) is 2. The third-order valence-electron chi connectivity index (χ3n) is 6.12. The van der Waals surface area contributed by atoms with E-state index in [-0.39, 0.29) is 11.9 Å². The minimum atomic E-state index is 0.00382. The van der Waals surface area contributed by atoms with Crippen LogP contribution in [0.25, 0.3) is 0 Å². The molecule has 2 heterocycles. The Kier molecular flexibility index (Phi) is 6.04. The van der Waals surface area contributed by atoms with Gasteiger partial charge in [-0.2, -0.15) is 5.10 Å². The van der Waals surface area contributed by atoms with Crippen molar-refractivity contribution in [3.63, 3.8) is 0 Å². The summed E-state index contributed by atoms with van der Waals surface area (Å²) < 4.78 is 12.9. The van der Waals surface area contributed by atoms with Crippen molar-refractivity contribution in [2.24, 2.45) is 0 Å². The molecule has 1 aromatic carbocycles. The van der Waals surface area contributed by atoms with Crippen LogP contribution in [0.1, 0.15) is 56.2 Å². The van der Waals surface area contributed by atoms with Gasteiger partial charge >= 0.3 is 0 Å². The first-order valence-electron chi connectivity index (χ1n) is 10.5. The third kappa shape index (κ3) is 4.24. The zero-order chi connectivity index (χ0) is 20.2. The Bertz CT molecular complexity index is 844. The summed E-state index contributed by atoms with van der Waals surface area (Å²) in [5, 5.41) is 7.53. The van der Waals surface area contributed by atoms with E-state index in [9.17, 15) is 4.79 Å². The highest BCUT2D eigenvalue weighted by Gasteiger charge is 2.30. The highest BCUT2D eigenvalue weighted by atomic mass is 16.5. The van der Waals surface area contributed by atoms with Crippen LogP contribution < -0.4 is 14.8 Å². The van der Waals surface area contributed by atoms with Crippen LogP contribution in [-0.4, -0.2) is 47.9 Å². The monoisotopic (exact) mass is 398 g/mol. The molecule has 1 aliphatic heterocycles. The van der Waals surface area contributed by atoms with E-state index >= 15 is 0 Å². The summed E-state index contributed by atoms with van der Waals surface area (Å²) in [6, 6.07) is 8.38. The van der Waals surface area contributed by atoms with Crippen LogP contribution in [0.4, 0.5) is 5.82 Å². The van der Waals surface area contributed by atoms with Crippen LogP contribution in [0.5, 0.6) is 11.5 Å². The molecule has 0 spiro atoms. The Balaban J connectivity index is 1.44. The normalized spacial score (nSPS) is 20.1. The Labute approximate surface area is 172 Å². The van der Waals surface area contributed by atoms with Gasteiger partial charge in [-0.3, -0.25) is 9.69 Å². The lowest BCUT2D eigenvalue weighted by Crippen LogP contribution is -2.33. The lowest BCUT2D eigenvalue weighted by atomic mass is 10.0. The highest BCUT2D eigenvalue weighted by Crippen LogP contribution is 2.38. The maximum Gasteiger partial charge on any atom is 0.239 e. The quantitative estimate of drug-likeness (QED) is 0.768. The van der Waals surface area contributed by atoms with E-state index in [0.29, 0.717) is 12.6 Å². The van der Waals surface area contributed by atoms with Gasteiger partial charge in [0.05, 0.1) is 33.0 Å². The molecule has 1 aliphatic carbocycles. The van der Waals surface area contributed by atoms with Gasteiger partial charge in [0.1, 0.15) is 17.3 Å². The first-order chi connectivity index (χ1) is 14.2. The molecule has 1 aromatic heterocycles. The number of nitrogens with zero attached hydrogens (tertiary/aromatic N) is 3. The summed E-state index contributed by atoms with van der Waals surface area (Å²) in [6.45, 7) is 1.25. The predicted octanol–water partition coefficient (Wildman–Crippen LogP) is 3.79. The van der Waals surface area contributed by atoms with Crippen molar-refractivity contribution in [2.45, 2.75) is 50.6 Å². The van der Waals surface area contributed by atoms with Gasteiger partial charge in [-0.1, -0.05) is 18.9 Å². The summed E-state index contributed by atoms with van der Waals surface area (Å²) in [6.07, 6.45) is 8.58. The molecule has 7 nitrogen and oxygen atoms in total. The average molecular weight is 399 g/mol. The second-order valence-electron chi connectivity index (χ2n) is 7.88. The lowest BCUT2D eigenvalue weighted by Gasteiger charge is -2.26. The topological polar surface area (TPSA) is 68.6 Å². The number of aromatic nitrogens is 2. The largest absolute Gasteiger partial charge is 0.497 e. The molecular formula is C22H30N4O3. The van der Waals surface area contributed by atoms with Gasteiger partial charge in [0.25, 0.3) is 0 Å². The molecule has 1 saturated carbocycles. The van der Waals surface area contributed by atoms with Crippen LogP contribution in [0.15, 0.2) is 30.5 Å². The molecule has 2 aliphatic rings. The van der Waals surface area contributed by atoms with Crippen LogP contribution in [0, 0.1) is 0 Å². The number of benzene rings is 1. The minimum absolute atomic E-state index is 0.00382. The van der Waals surface area contributed by atoms with Crippen LogP contribution in [0.2, 0.25) is 0 Å². The zero-order valence-corrected chi connectivity index (χ0v) is 17.3. The maximum atomic E-state index is 12.8. The minimum Gasteiger partial charge on any atom is -0.497 e. The molecule has 1 saturated heterocycles. The number of hydrogen-bond donors (Lipinski definition) is 1. The fourth-order valence-corrected chi connectivity index (χ4v) is 4.68. The number of nitrogens with one attached hydrogen (secondary N) is 1. The molecule has 29 heavy (non-hydrogen) atoms. The standard InChI is InChI=1S/C22H30N4O3/c1-28-17-9-10-18(20(14-17)29-2)19-8-5-13-25(19)15-22(27)24-21-11-12-23-26(21)16-6-3-4-7-16/h9-12,14,16,19H,3-8,13,15H2,1-2H3,(H,24,27)/t19-/m1/s1. The van der Waals surface area contributed by atoms with Crippen LogP contribution >= 0.6 is 0 Å². The number of anilines is 1. The van der Waals surface area contributed by atoms with Gasteiger partial charge in [0.2, 0.25) is 5.91 Å². The van der Waals surface area contributed by atoms with E-state index in [2.05, 4.69) is 15.3 Å². The Hall–Kier alpha value is -2.54. The first-order valence-corrected chi connectivity index (χ1v) is 10.5. The second kappa shape index (κ2) is 8.86. The fraction of sp³-hybridized carbons (Fsp3) is 0.545.